The first kappa shape index (κ1) is 18.1. The van der Waals surface area contributed by atoms with Gasteiger partial charge in [-0.2, -0.15) is 10.2 Å². The van der Waals surface area contributed by atoms with Crippen molar-refractivity contribution in [3.8, 4) is 11.3 Å². The van der Waals surface area contributed by atoms with Crippen LogP contribution in [-0.4, -0.2) is 25.3 Å². The number of benzene rings is 2. The van der Waals surface area contributed by atoms with Crippen molar-refractivity contribution in [2.75, 3.05) is 5.32 Å². The number of halogens is 1. The van der Waals surface area contributed by atoms with Crippen LogP contribution in [0.4, 0.5) is 5.69 Å². The van der Waals surface area contributed by atoms with E-state index in [0.29, 0.717) is 16.9 Å². The van der Waals surface area contributed by atoms with Crippen molar-refractivity contribution in [1.82, 2.24) is 19.4 Å². The molecule has 7 nitrogen and oxygen atoms in total. The predicted molar refractivity (Wildman–Crippen MR) is 110 cm³/mol. The molecule has 0 unspecified atom stereocenters. The molecule has 4 rings (SSSR count). The highest BCUT2D eigenvalue weighted by molar-refractivity contribution is 9.10. The van der Waals surface area contributed by atoms with Crippen molar-refractivity contribution in [2.45, 2.75) is 13.5 Å². The minimum atomic E-state index is -0.377. The maximum atomic E-state index is 12.7. The van der Waals surface area contributed by atoms with Crippen molar-refractivity contribution >= 4 is 33.0 Å². The Morgan fingerprint density at radius 1 is 1.11 bits per heavy atom. The average molecular weight is 438 g/mol. The van der Waals surface area contributed by atoms with Crippen molar-refractivity contribution in [1.29, 1.82) is 0 Å². The minimum absolute atomic E-state index is 0.179. The number of hydrogen-bond donors (Lipinski definition) is 1. The maximum Gasteiger partial charge on any atom is 0.293 e. The molecule has 1 amide bonds. The Hall–Kier alpha value is -3.26. The van der Waals surface area contributed by atoms with E-state index in [4.69, 9.17) is 0 Å². The summed E-state index contributed by atoms with van der Waals surface area (Å²) < 4.78 is 3.52. The molecule has 0 fully saturated rings. The molecule has 0 atom stereocenters. The van der Waals surface area contributed by atoms with Crippen LogP contribution in [0.5, 0.6) is 0 Å². The fraction of sp³-hybridized carbons (Fsp3) is 0.100. The van der Waals surface area contributed by atoms with Gasteiger partial charge in [0.05, 0.1) is 5.69 Å². The third kappa shape index (κ3) is 3.72. The number of carbonyl (C=O) groups excluding carboxylic acids is 1. The summed E-state index contributed by atoms with van der Waals surface area (Å²) in [4.78, 5) is 25.0. The zero-order chi connectivity index (χ0) is 19.7. The van der Waals surface area contributed by atoms with Crippen LogP contribution in [0.2, 0.25) is 0 Å². The number of amides is 1. The van der Waals surface area contributed by atoms with E-state index in [1.54, 1.807) is 6.07 Å². The van der Waals surface area contributed by atoms with Crippen LogP contribution in [0, 0.1) is 6.92 Å². The van der Waals surface area contributed by atoms with Gasteiger partial charge >= 0.3 is 0 Å². The summed E-state index contributed by atoms with van der Waals surface area (Å²) >= 11 is 3.40. The number of carbonyl (C=O) groups is 1. The van der Waals surface area contributed by atoms with Gasteiger partial charge in [0.2, 0.25) is 5.91 Å². The third-order valence-corrected chi connectivity index (χ3v) is 4.79. The van der Waals surface area contributed by atoms with Gasteiger partial charge in [-0.3, -0.25) is 9.59 Å². The molecule has 2 aromatic carbocycles. The van der Waals surface area contributed by atoms with Crippen molar-refractivity contribution in [2.24, 2.45) is 0 Å². The number of nitrogens with zero attached hydrogens (tertiary/aromatic N) is 4. The number of aryl methyl sites for hydroxylation is 1. The van der Waals surface area contributed by atoms with E-state index in [1.165, 1.54) is 10.8 Å². The van der Waals surface area contributed by atoms with E-state index in [1.807, 2.05) is 55.5 Å². The van der Waals surface area contributed by atoms with E-state index in [2.05, 4.69) is 31.4 Å². The summed E-state index contributed by atoms with van der Waals surface area (Å²) in [6.07, 6.45) is 1.43. The molecular formula is C20H16BrN5O2. The molecule has 2 heterocycles. The van der Waals surface area contributed by atoms with Gasteiger partial charge < -0.3 is 5.32 Å². The van der Waals surface area contributed by atoms with Crippen LogP contribution in [0.15, 0.2) is 70.2 Å². The van der Waals surface area contributed by atoms with Crippen LogP contribution in [0.25, 0.3) is 16.8 Å². The number of hydrogen-bond acceptors (Lipinski definition) is 4. The monoisotopic (exact) mass is 437 g/mol. The zero-order valence-electron chi connectivity index (χ0n) is 15.0. The Kier molecular flexibility index (Phi) is 4.79. The van der Waals surface area contributed by atoms with Crippen molar-refractivity contribution < 1.29 is 4.79 Å². The summed E-state index contributed by atoms with van der Waals surface area (Å²) in [7, 11) is 0. The number of fused-ring (bicyclic) bond motifs is 1. The first-order valence-electron chi connectivity index (χ1n) is 8.57. The SMILES string of the molecule is Cc1ccc(NC(=O)Cn2ncn3nc(-c4ccc(Br)cc4)cc3c2=O)cc1. The van der Waals surface area contributed by atoms with E-state index < -0.39 is 0 Å². The van der Waals surface area contributed by atoms with Gasteiger partial charge in [0.25, 0.3) is 5.56 Å². The highest BCUT2D eigenvalue weighted by Gasteiger charge is 2.12. The molecule has 0 bridgehead atoms. The Balaban J connectivity index is 1.59. The predicted octanol–water partition coefficient (Wildman–Crippen LogP) is 3.27. The summed E-state index contributed by atoms with van der Waals surface area (Å²) in [6, 6.07) is 16.8. The lowest BCUT2D eigenvalue weighted by Gasteiger charge is -2.07. The molecule has 0 radical (unpaired) electrons. The smallest absolute Gasteiger partial charge is 0.293 e. The van der Waals surface area contributed by atoms with Crippen LogP contribution in [0.3, 0.4) is 0 Å². The van der Waals surface area contributed by atoms with Crippen molar-refractivity contribution in [3.05, 3.63) is 81.3 Å². The molecule has 0 saturated heterocycles. The molecular weight excluding hydrogens is 422 g/mol. The second-order valence-corrected chi connectivity index (χ2v) is 7.29. The normalized spacial score (nSPS) is 10.9. The highest BCUT2D eigenvalue weighted by atomic mass is 79.9. The van der Waals surface area contributed by atoms with Crippen LogP contribution >= 0.6 is 15.9 Å². The molecule has 0 aliphatic carbocycles. The van der Waals surface area contributed by atoms with Gasteiger partial charge in [0, 0.05) is 15.7 Å². The summed E-state index contributed by atoms with van der Waals surface area (Å²) in [5.41, 5.74) is 3.30. The fourth-order valence-corrected chi connectivity index (χ4v) is 3.05. The Morgan fingerprint density at radius 2 is 1.82 bits per heavy atom. The first-order valence-corrected chi connectivity index (χ1v) is 9.37. The summed E-state index contributed by atoms with van der Waals surface area (Å²) in [5.74, 6) is -0.324. The van der Waals surface area contributed by atoms with Gasteiger partial charge in [0.15, 0.2) is 0 Å². The van der Waals surface area contributed by atoms with Crippen LogP contribution in [-0.2, 0) is 11.3 Å². The number of anilines is 1. The number of rotatable bonds is 4. The van der Waals surface area contributed by atoms with Gasteiger partial charge in [-0.05, 0) is 37.3 Å². The quantitative estimate of drug-likeness (QED) is 0.531. The third-order valence-electron chi connectivity index (χ3n) is 4.26. The summed E-state index contributed by atoms with van der Waals surface area (Å²) in [5, 5.41) is 11.2. The summed E-state index contributed by atoms with van der Waals surface area (Å²) in [6.45, 7) is 1.79. The standard InChI is InChI=1S/C20H16BrN5O2/c1-13-2-8-16(9-3-13)23-19(27)11-25-20(28)18-10-17(24-26(18)12-22-25)14-4-6-15(21)7-5-14/h2-10,12H,11H2,1H3,(H,23,27). The lowest BCUT2D eigenvalue weighted by atomic mass is 10.1. The second-order valence-electron chi connectivity index (χ2n) is 6.37. The largest absolute Gasteiger partial charge is 0.324 e. The van der Waals surface area contributed by atoms with Gasteiger partial charge in [-0.25, -0.2) is 9.20 Å². The second kappa shape index (κ2) is 7.40. The van der Waals surface area contributed by atoms with Crippen LogP contribution < -0.4 is 10.9 Å². The Morgan fingerprint density at radius 3 is 2.54 bits per heavy atom. The topological polar surface area (TPSA) is 81.3 Å². The van der Waals surface area contributed by atoms with E-state index >= 15 is 0 Å². The molecule has 28 heavy (non-hydrogen) atoms. The van der Waals surface area contributed by atoms with Gasteiger partial charge in [-0.1, -0.05) is 45.8 Å². The molecule has 0 saturated carbocycles. The van der Waals surface area contributed by atoms with Crippen molar-refractivity contribution in [3.63, 3.8) is 0 Å². The zero-order valence-corrected chi connectivity index (χ0v) is 16.5. The molecule has 4 aromatic rings. The average Bonchev–Trinajstić information content (AvgIpc) is 3.12. The molecule has 0 spiro atoms. The highest BCUT2D eigenvalue weighted by Crippen LogP contribution is 2.20. The maximum absolute atomic E-state index is 12.7. The van der Waals surface area contributed by atoms with E-state index in [9.17, 15) is 9.59 Å². The lowest BCUT2D eigenvalue weighted by Crippen LogP contribution is -2.30. The van der Waals surface area contributed by atoms with Gasteiger partial charge in [0.1, 0.15) is 18.4 Å². The minimum Gasteiger partial charge on any atom is -0.324 e. The lowest BCUT2D eigenvalue weighted by molar-refractivity contribution is -0.117. The molecule has 0 aliphatic rings. The molecule has 140 valence electrons. The number of nitrogens with one attached hydrogen (secondary N) is 1. The molecule has 1 N–H and O–H groups in total. The Labute approximate surface area is 168 Å². The molecule has 8 heteroatoms. The number of aromatic nitrogens is 4. The first-order chi connectivity index (χ1) is 13.5. The Bertz CT molecular complexity index is 1210. The van der Waals surface area contributed by atoms with E-state index in [-0.39, 0.29) is 18.0 Å². The van der Waals surface area contributed by atoms with Gasteiger partial charge in [-0.15, -0.1) is 0 Å². The molecule has 2 aromatic heterocycles. The van der Waals surface area contributed by atoms with Crippen LogP contribution in [0.1, 0.15) is 5.56 Å². The fourth-order valence-electron chi connectivity index (χ4n) is 2.79. The van der Waals surface area contributed by atoms with E-state index in [0.717, 1.165) is 20.3 Å². The molecule has 0 aliphatic heterocycles.